The molecule has 0 radical (unpaired) electrons. The van der Waals surface area contributed by atoms with Gasteiger partial charge in [0.2, 0.25) is 6.79 Å². The maximum Gasteiger partial charge on any atom is 0.528 e. The topological polar surface area (TPSA) is 66.5 Å². The van der Waals surface area contributed by atoms with Crippen LogP contribution in [0.2, 0.25) is 0 Å². The lowest BCUT2D eigenvalue weighted by molar-refractivity contribution is -0.179. The Bertz CT molecular complexity index is 1200. The van der Waals surface area contributed by atoms with Crippen LogP contribution in [0.15, 0.2) is 60.7 Å². The highest BCUT2D eigenvalue weighted by molar-refractivity contribution is 5.82. The fourth-order valence-corrected chi connectivity index (χ4v) is 4.57. The Labute approximate surface area is 205 Å². The van der Waals surface area contributed by atoms with Crippen LogP contribution in [0.5, 0.6) is 11.5 Å². The lowest BCUT2D eigenvalue weighted by atomic mass is 9.87. The molecule has 2 atom stereocenters. The maximum absolute atomic E-state index is 12.3. The van der Waals surface area contributed by atoms with Crippen LogP contribution in [0.1, 0.15) is 44.2 Å². The van der Waals surface area contributed by atoms with Crippen molar-refractivity contribution in [1.82, 2.24) is 5.06 Å². The van der Waals surface area contributed by atoms with Crippen molar-refractivity contribution in [2.75, 3.05) is 19.9 Å². The molecule has 2 heterocycles. The predicted molar refractivity (Wildman–Crippen MR) is 131 cm³/mol. The zero-order valence-corrected chi connectivity index (χ0v) is 20.4. The monoisotopic (exact) mass is 477 g/mol. The van der Waals surface area contributed by atoms with Crippen molar-refractivity contribution in [2.24, 2.45) is 0 Å². The van der Waals surface area contributed by atoms with Crippen LogP contribution in [0.3, 0.4) is 0 Å². The second kappa shape index (κ2) is 9.76. The molecule has 5 rings (SSSR count). The van der Waals surface area contributed by atoms with Gasteiger partial charge in [-0.25, -0.2) is 4.79 Å². The Morgan fingerprint density at radius 3 is 2.63 bits per heavy atom. The number of piperidine rings is 1. The van der Waals surface area contributed by atoms with Crippen LogP contribution in [0.4, 0.5) is 4.79 Å². The second-order valence-electron chi connectivity index (χ2n) is 9.98. The first-order chi connectivity index (χ1) is 16.8. The molecule has 0 aromatic heterocycles. The molecular formula is C28H31NO6. The van der Waals surface area contributed by atoms with Gasteiger partial charge >= 0.3 is 6.16 Å². The number of rotatable bonds is 5. The molecule has 3 aromatic carbocycles. The lowest BCUT2D eigenvalue weighted by Crippen LogP contribution is -2.45. The molecule has 0 saturated carbocycles. The highest BCUT2D eigenvalue weighted by atomic mass is 16.8. The standard InChI is InChI=1S/C28H31NO6/c1-28(2,3)34-27(30)35-29-13-12-23(22-10-11-24-25(15-22)33-18-32-24)26(16-29)31-17-19-8-9-20-6-4-5-7-21(20)14-19/h4-11,14-15,23,26H,12-13,16-18H2,1-3H3. The molecule has 2 aliphatic heterocycles. The zero-order chi connectivity index (χ0) is 24.4. The van der Waals surface area contributed by atoms with E-state index in [1.807, 2.05) is 45.0 Å². The van der Waals surface area contributed by atoms with Crippen LogP contribution in [0.25, 0.3) is 10.8 Å². The van der Waals surface area contributed by atoms with Crippen molar-refractivity contribution >= 4 is 16.9 Å². The van der Waals surface area contributed by atoms with Gasteiger partial charge in [-0.1, -0.05) is 42.5 Å². The number of hydrogen-bond donors (Lipinski definition) is 0. The Morgan fingerprint density at radius 2 is 1.80 bits per heavy atom. The predicted octanol–water partition coefficient (Wildman–Crippen LogP) is 5.81. The SMILES string of the molecule is CC(C)(C)OC(=O)ON1CCC(c2ccc3c(c2)OCO3)C(OCc2ccc3ccccc3c2)C1. The second-order valence-corrected chi connectivity index (χ2v) is 9.98. The van der Waals surface area contributed by atoms with E-state index in [1.54, 1.807) is 5.06 Å². The first kappa shape index (κ1) is 23.5. The van der Waals surface area contributed by atoms with Gasteiger partial charge < -0.3 is 23.8 Å². The first-order valence-corrected chi connectivity index (χ1v) is 12.0. The van der Waals surface area contributed by atoms with E-state index in [0.29, 0.717) is 19.7 Å². The van der Waals surface area contributed by atoms with E-state index in [1.165, 1.54) is 10.8 Å². The average molecular weight is 478 g/mol. The van der Waals surface area contributed by atoms with Crippen LogP contribution >= 0.6 is 0 Å². The van der Waals surface area contributed by atoms with Crippen LogP contribution < -0.4 is 9.47 Å². The molecule has 1 saturated heterocycles. The van der Waals surface area contributed by atoms with E-state index in [0.717, 1.165) is 29.0 Å². The summed E-state index contributed by atoms with van der Waals surface area (Å²) in [6.45, 7) is 7.15. The van der Waals surface area contributed by atoms with Gasteiger partial charge in [0, 0.05) is 12.5 Å². The van der Waals surface area contributed by atoms with Gasteiger partial charge in [0.15, 0.2) is 11.5 Å². The summed E-state index contributed by atoms with van der Waals surface area (Å²) >= 11 is 0. The fraction of sp³-hybridized carbons (Fsp3) is 0.393. The molecule has 3 aromatic rings. The fourth-order valence-electron chi connectivity index (χ4n) is 4.57. The van der Waals surface area contributed by atoms with Gasteiger partial charge in [-0.2, -0.15) is 0 Å². The molecule has 1 fully saturated rings. The Hall–Kier alpha value is -3.29. The zero-order valence-electron chi connectivity index (χ0n) is 20.4. The third kappa shape index (κ3) is 5.69. The Balaban J connectivity index is 1.32. The highest BCUT2D eigenvalue weighted by Crippen LogP contribution is 2.38. The summed E-state index contributed by atoms with van der Waals surface area (Å²) in [5.41, 5.74) is 1.60. The van der Waals surface area contributed by atoms with Gasteiger partial charge in [0.1, 0.15) is 5.60 Å². The Kier molecular flexibility index (Phi) is 6.54. The molecule has 35 heavy (non-hydrogen) atoms. The summed E-state index contributed by atoms with van der Waals surface area (Å²) in [4.78, 5) is 17.8. The summed E-state index contributed by atoms with van der Waals surface area (Å²) in [5, 5.41) is 4.02. The number of fused-ring (bicyclic) bond motifs is 2. The minimum absolute atomic E-state index is 0.114. The van der Waals surface area contributed by atoms with Crippen LogP contribution in [0, 0.1) is 0 Å². The van der Waals surface area contributed by atoms with Gasteiger partial charge in [0.25, 0.3) is 0 Å². The normalized spacial score (nSPS) is 20.1. The first-order valence-electron chi connectivity index (χ1n) is 12.0. The van der Waals surface area contributed by atoms with Crippen molar-refractivity contribution in [2.45, 2.75) is 51.4 Å². The van der Waals surface area contributed by atoms with Crippen molar-refractivity contribution in [3.05, 3.63) is 71.8 Å². The summed E-state index contributed by atoms with van der Waals surface area (Å²) in [7, 11) is 0. The highest BCUT2D eigenvalue weighted by Gasteiger charge is 2.34. The van der Waals surface area contributed by atoms with Crippen molar-refractivity contribution in [3.63, 3.8) is 0 Å². The summed E-state index contributed by atoms with van der Waals surface area (Å²) in [5.74, 6) is 1.62. The minimum atomic E-state index is -0.702. The van der Waals surface area contributed by atoms with Crippen molar-refractivity contribution < 1.29 is 28.6 Å². The van der Waals surface area contributed by atoms with Gasteiger partial charge in [-0.15, -0.1) is 5.06 Å². The van der Waals surface area contributed by atoms with Crippen molar-refractivity contribution in [1.29, 1.82) is 0 Å². The molecule has 7 heteroatoms. The van der Waals surface area contributed by atoms with E-state index in [9.17, 15) is 4.79 Å². The minimum Gasteiger partial charge on any atom is -0.454 e. The van der Waals surface area contributed by atoms with Gasteiger partial charge in [-0.05, 0) is 67.3 Å². The molecule has 0 spiro atoms. The molecule has 2 aliphatic rings. The smallest absolute Gasteiger partial charge is 0.454 e. The lowest BCUT2D eigenvalue weighted by Gasteiger charge is -2.37. The number of benzene rings is 3. The van der Waals surface area contributed by atoms with Crippen LogP contribution in [-0.4, -0.2) is 42.8 Å². The number of carbonyl (C=O) groups excluding carboxylic acids is 1. The molecule has 7 nitrogen and oxygen atoms in total. The van der Waals surface area contributed by atoms with E-state index in [2.05, 4.69) is 36.4 Å². The summed E-state index contributed by atoms with van der Waals surface area (Å²) < 4.78 is 22.9. The number of carbonyl (C=O) groups is 1. The summed E-state index contributed by atoms with van der Waals surface area (Å²) in [6, 6.07) is 20.7. The number of hydrogen-bond acceptors (Lipinski definition) is 7. The van der Waals surface area contributed by atoms with Crippen LogP contribution in [-0.2, 0) is 20.9 Å². The number of ether oxygens (including phenoxy) is 4. The largest absolute Gasteiger partial charge is 0.528 e. The number of hydroxylamine groups is 2. The third-order valence-corrected chi connectivity index (χ3v) is 6.22. The molecular weight excluding hydrogens is 446 g/mol. The summed E-state index contributed by atoms with van der Waals surface area (Å²) in [6.07, 6.45) is -0.143. The quantitative estimate of drug-likeness (QED) is 0.430. The maximum atomic E-state index is 12.3. The van der Waals surface area contributed by atoms with Gasteiger partial charge in [0.05, 0.1) is 19.3 Å². The third-order valence-electron chi connectivity index (χ3n) is 6.22. The van der Waals surface area contributed by atoms with Crippen molar-refractivity contribution in [3.8, 4) is 11.5 Å². The average Bonchev–Trinajstić information content (AvgIpc) is 3.29. The Morgan fingerprint density at radius 1 is 1.00 bits per heavy atom. The molecule has 0 aliphatic carbocycles. The molecule has 0 amide bonds. The molecule has 184 valence electrons. The van der Waals surface area contributed by atoms with E-state index < -0.39 is 11.8 Å². The van der Waals surface area contributed by atoms with E-state index >= 15 is 0 Å². The van der Waals surface area contributed by atoms with Gasteiger partial charge in [-0.3, -0.25) is 0 Å². The molecule has 0 N–H and O–H groups in total. The number of nitrogens with zero attached hydrogens (tertiary/aromatic N) is 1. The molecule has 0 bridgehead atoms. The molecule has 2 unspecified atom stereocenters. The van der Waals surface area contributed by atoms with E-state index in [-0.39, 0.29) is 18.8 Å². The van der Waals surface area contributed by atoms with E-state index in [4.69, 9.17) is 23.8 Å².